The zero-order valence-corrected chi connectivity index (χ0v) is 21.3. The monoisotopic (exact) mass is 517 g/mol. The molecule has 0 bridgehead atoms. The molecule has 0 radical (unpaired) electrons. The van der Waals surface area contributed by atoms with Crippen molar-refractivity contribution in [3.63, 3.8) is 0 Å². The molecule has 1 atom stereocenters. The van der Waals surface area contributed by atoms with Gasteiger partial charge in [-0.3, -0.25) is 14.5 Å². The third kappa shape index (κ3) is 5.88. The minimum atomic E-state index is -3.41. The largest absolute Gasteiger partial charge is 0.495 e. The number of nitrogens with one attached hydrogen (secondary N) is 2. The van der Waals surface area contributed by atoms with E-state index in [1.165, 1.54) is 18.4 Å². The Morgan fingerprint density at radius 2 is 2.03 bits per heavy atom. The SMILES string of the molecule is CCOc1cncc(-c2ccc(NC(=O)C(CC)c3csc(NS(=O)(=O)C4CC4)n3)c(OC)c2)n1. The van der Waals surface area contributed by atoms with Gasteiger partial charge >= 0.3 is 0 Å². The fourth-order valence-corrected chi connectivity index (χ4v) is 5.84. The van der Waals surface area contributed by atoms with E-state index < -0.39 is 15.9 Å². The maximum absolute atomic E-state index is 13.1. The number of rotatable bonds is 11. The highest BCUT2D eigenvalue weighted by molar-refractivity contribution is 7.93. The van der Waals surface area contributed by atoms with Crippen LogP contribution in [0.1, 0.15) is 44.7 Å². The Balaban J connectivity index is 1.50. The van der Waals surface area contributed by atoms with Gasteiger partial charge in [0.05, 0.1) is 54.4 Å². The maximum Gasteiger partial charge on any atom is 0.237 e. The molecular formula is C23H27N5O5S2. The van der Waals surface area contributed by atoms with Crippen LogP contribution in [0.5, 0.6) is 11.6 Å². The fraction of sp³-hybridized carbons (Fsp3) is 0.391. The molecule has 2 N–H and O–H groups in total. The average Bonchev–Trinajstić information content (AvgIpc) is 3.62. The van der Waals surface area contributed by atoms with E-state index in [2.05, 4.69) is 25.0 Å². The molecule has 1 amide bonds. The summed E-state index contributed by atoms with van der Waals surface area (Å²) in [5.74, 6) is 0.0711. The highest BCUT2D eigenvalue weighted by Gasteiger charge is 2.36. The van der Waals surface area contributed by atoms with Gasteiger partial charge in [0.2, 0.25) is 21.8 Å². The quantitative estimate of drug-likeness (QED) is 0.389. The van der Waals surface area contributed by atoms with Gasteiger partial charge in [0, 0.05) is 10.9 Å². The first kappa shape index (κ1) is 24.9. The van der Waals surface area contributed by atoms with Crippen molar-refractivity contribution in [1.29, 1.82) is 0 Å². The Morgan fingerprint density at radius 3 is 2.71 bits per heavy atom. The van der Waals surface area contributed by atoms with E-state index in [9.17, 15) is 13.2 Å². The van der Waals surface area contributed by atoms with E-state index in [4.69, 9.17) is 9.47 Å². The number of benzene rings is 1. The Bertz CT molecular complexity index is 1310. The van der Waals surface area contributed by atoms with Crippen molar-refractivity contribution >= 4 is 38.1 Å². The van der Waals surface area contributed by atoms with Crippen LogP contribution in [0.3, 0.4) is 0 Å². The van der Waals surface area contributed by atoms with Gasteiger partial charge in [-0.15, -0.1) is 11.3 Å². The summed E-state index contributed by atoms with van der Waals surface area (Å²) in [6.45, 7) is 4.23. The number of carbonyl (C=O) groups excluding carboxylic acids is 1. The molecule has 0 saturated heterocycles. The molecule has 4 rings (SSSR count). The van der Waals surface area contributed by atoms with Gasteiger partial charge in [0.1, 0.15) is 5.75 Å². The highest BCUT2D eigenvalue weighted by Crippen LogP contribution is 2.34. The second-order valence-electron chi connectivity index (χ2n) is 7.96. The number of thiazole rings is 1. The summed E-state index contributed by atoms with van der Waals surface area (Å²) in [5.41, 5.74) is 2.39. The number of hydrogen-bond donors (Lipinski definition) is 2. The predicted molar refractivity (Wildman–Crippen MR) is 135 cm³/mol. The van der Waals surface area contributed by atoms with E-state index in [1.54, 1.807) is 29.9 Å². The van der Waals surface area contributed by atoms with E-state index in [0.717, 1.165) is 5.56 Å². The number of amides is 1. The van der Waals surface area contributed by atoms with Gasteiger partial charge in [-0.2, -0.15) is 0 Å². The van der Waals surface area contributed by atoms with Crippen LogP contribution in [0.15, 0.2) is 36.0 Å². The lowest BCUT2D eigenvalue weighted by molar-refractivity contribution is -0.117. The summed E-state index contributed by atoms with van der Waals surface area (Å²) in [5, 5.41) is 4.55. The predicted octanol–water partition coefficient (Wildman–Crippen LogP) is 4.04. The second kappa shape index (κ2) is 10.6. The lowest BCUT2D eigenvalue weighted by atomic mass is 10.0. The first-order valence-corrected chi connectivity index (χ1v) is 13.7. The summed E-state index contributed by atoms with van der Waals surface area (Å²) < 4.78 is 37.8. The topological polar surface area (TPSA) is 132 Å². The van der Waals surface area contributed by atoms with Gasteiger partial charge in [-0.05, 0) is 38.3 Å². The molecule has 1 aliphatic carbocycles. The van der Waals surface area contributed by atoms with Crippen molar-refractivity contribution in [2.24, 2.45) is 0 Å². The van der Waals surface area contributed by atoms with Crippen LogP contribution in [0, 0.1) is 0 Å². The zero-order valence-electron chi connectivity index (χ0n) is 19.6. The van der Waals surface area contributed by atoms with Crippen molar-refractivity contribution in [3.8, 4) is 22.9 Å². The van der Waals surface area contributed by atoms with Crippen LogP contribution in [-0.2, 0) is 14.8 Å². The fourth-order valence-electron chi connectivity index (χ4n) is 3.48. The number of sulfonamides is 1. The molecule has 1 aromatic carbocycles. The lowest BCUT2D eigenvalue weighted by Crippen LogP contribution is -2.21. The van der Waals surface area contributed by atoms with E-state index in [1.807, 2.05) is 19.9 Å². The highest BCUT2D eigenvalue weighted by atomic mass is 32.2. The molecular weight excluding hydrogens is 490 g/mol. The summed E-state index contributed by atoms with van der Waals surface area (Å²) in [6, 6.07) is 5.32. The van der Waals surface area contributed by atoms with Crippen LogP contribution in [0.4, 0.5) is 10.8 Å². The molecule has 186 valence electrons. The molecule has 1 aliphatic rings. The zero-order chi connectivity index (χ0) is 25.0. The number of aromatic nitrogens is 3. The number of hydrogen-bond acceptors (Lipinski definition) is 9. The van der Waals surface area contributed by atoms with Crippen LogP contribution >= 0.6 is 11.3 Å². The van der Waals surface area contributed by atoms with Gasteiger partial charge in [0.15, 0.2) is 5.13 Å². The normalized spacial score (nSPS) is 14.3. The molecule has 1 unspecified atom stereocenters. The first-order chi connectivity index (χ1) is 16.8. The summed E-state index contributed by atoms with van der Waals surface area (Å²) in [7, 11) is -1.89. The minimum absolute atomic E-state index is 0.265. The van der Waals surface area contributed by atoms with E-state index >= 15 is 0 Å². The third-order valence-corrected chi connectivity index (χ3v) is 8.19. The second-order valence-corrected chi connectivity index (χ2v) is 10.8. The number of ether oxygens (including phenoxy) is 2. The van der Waals surface area contributed by atoms with Crippen molar-refractivity contribution in [1.82, 2.24) is 15.0 Å². The number of methoxy groups -OCH3 is 1. The molecule has 1 saturated carbocycles. The smallest absolute Gasteiger partial charge is 0.237 e. The van der Waals surface area contributed by atoms with Gasteiger partial charge in [-0.25, -0.2) is 18.4 Å². The van der Waals surface area contributed by atoms with Crippen molar-refractivity contribution < 1.29 is 22.7 Å². The maximum atomic E-state index is 13.1. The van der Waals surface area contributed by atoms with E-state index in [-0.39, 0.29) is 16.3 Å². The van der Waals surface area contributed by atoms with Crippen molar-refractivity contribution in [2.75, 3.05) is 23.8 Å². The lowest BCUT2D eigenvalue weighted by Gasteiger charge is -2.16. The Morgan fingerprint density at radius 1 is 1.23 bits per heavy atom. The number of anilines is 2. The molecule has 2 aromatic heterocycles. The Hall–Kier alpha value is -3.25. The van der Waals surface area contributed by atoms with E-state index in [0.29, 0.717) is 54.6 Å². The Labute approximate surface area is 208 Å². The van der Waals surface area contributed by atoms with Crippen LogP contribution in [0.25, 0.3) is 11.3 Å². The van der Waals surface area contributed by atoms with Crippen LogP contribution in [0.2, 0.25) is 0 Å². The molecule has 0 aliphatic heterocycles. The van der Waals surface area contributed by atoms with Crippen molar-refractivity contribution in [2.45, 2.75) is 44.3 Å². The molecule has 0 spiro atoms. The molecule has 12 heteroatoms. The number of nitrogens with zero attached hydrogens (tertiary/aromatic N) is 3. The van der Waals surface area contributed by atoms with Gasteiger partial charge < -0.3 is 14.8 Å². The average molecular weight is 518 g/mol. The molecule has 10 nitrogen and oxygen atoms in total. The van der Waals surface area contributed by atoms with Crippen LogP contribution < -0.4 is 19.5 Å². The first-order valence-electron chi connectivity index (χ1n) is 11.3. The third-order valence-electron chi connectivity index (χ3n) is 5.46. The summed E-state index contributed by atoms with van der Waals surface area (Å²) >= 11 is 1.17. The van der Waals surface area contributed by atoms with Crippen LogP contribution in [-0.4, -0.2) is 48.2 Å². The summed E-state index contributed by atoms with van der Waals surface area (Å²) in [4.78, 5) is 26.1. The Kier molecular flexibility index (Phi) is 7.51. The minimum Gasteiger partial charge on any atom is -0.495 e. The van der Waals surface area contributed by atoms with Gasteiger partial charge in [-0.1, -0.05) is 13.0 Å². The molecule has 1 fully saturated rings. The van der Waals surface area contributed by atoms with Gasteiger partial charge in [0.25, 0.3) is 0 Å². The summed E-state index contributed by atoms with van der Waals surface area (Å²) in [6.07, 6.45) is 4.99. The standard InChI is InChI=1S/C23H27N5O5S2/c1-4-16(19-13-34-23(27-19)28-35(30,31)15-7-8-15)22(29)26-17-9-6-14(10-20(17)32-3)18-11-24-12-21(25-18)33-5-2/h6,9-13,15-16H,4-5,7-8H2,1-3H3,(H,26,29)(H,27,28). The van der Waals surface area contributed by atoms with Crippen molar-refractivity contribution in [3.05, 3.63) is 41.7 Å². The number of carbonyl (C=O) groups is 1. The molecule has 3 aromatic rings. The molecule has 2 heterocycles. The molecule has 35 heavy (non-hydrogen) atoms.